The summed E-state index contributed by atoms with van der Waals surface area (Å²) in [6, 6.07) is 2.46. The van der Waals surface area contributed by atoms with Gasteiger partial charge in [0.2, 0.25) is 0 Å². The van der Waals surface area contributed by atoms with Gasteiger partial charge in [-0.15, -0.1) is 0 Å². The second-order valence-electron chi connectivity index (χ2n) is 4.56. The molecule has 2 aliphatic rings. The van der Waals surface area contributed by atoms with Crippen molar-refractivity contribution < 1.29 is 4.42 Å². The predicted octanol–water partition coefficient (Wildman–Crippen LogP) is 2.33. The third kappa shape index (κ3) is 1.39. The Morgan fingerprint density at radius 1 is 1.44 bits per heavy atom. The van der Waals surface area contributed by atoms with Crippen molar-refractivity contribution in [2.45, 2.75) is 32.2 Å². The van der Waals surface area contributed by atoms with E-state index in [0.717, 1.165) is 12.2 Å². The van der Waals surface area contributed by atoms with Gasteiger partial charge in [0.05, 0.1) is 11.3 Å². The first-order chi connectivity index (χ1) is 7.75. The van der Waals surface area contributed by atoms with Gasteiger partial charge in [0.1, 0.15) is 5.76 Å². The third-order valence-electron chi connectivity index (χ3n) is 3.43. The van der Waals surface area contributed by atoms with E-state index in [4.69, 9.17) is 4.42 Å². The largest absolute Gasteiger partial charge is 0.428 e. The van der Waals surface area contributed by atoms with Crippen LogP contribution in [0.1, 0.15) is 30.6 Å². The zero-order valence-electron chi connectivity index (χ0n) is 9.40. The number of aryl methyl sites for hydroxylation is 1. The number of hydrogen-bond donors (Lipinski definition) is 0. The van der Waals surface area contributed by atoms with Crippen LogP contribution >= 0.6 is 0 Å². The summed E-state index contributed by atoms with van der Waals surface area (Å²) in [6.45, 7) is 2.88. The normalized spacial score (nSPS) is 22.8. The molecule has 3 heterocycles. The summed E-state index contributed by atoms with van der Waals surface area (Å²) >= 11 is 0. The Morgan fingerprint density at radius 2 is 2.31 bits per heavy atom. The number of anilines is 1. The Kier molecular flexibility index (Phi) is 2.13. The van der Waals surface area contributed by atoms with Crippen LogP contribution in [0.4, 0.5) is 5.69 Å². The Balaban J connectivity index is 2.16. The minimum atomic E-state index is -0.213. The fourth-order valence-electron chi connectivity index (χ4n) is 2.66. The highest BCUT2D eigenvalue weighted by molar-refractivity contribution is 5.71. The molecule has 0 aromatic carbocycles. The van der Waals surface area contributed by atoms with Crippen LogP contribution in [0.2, 0.25) is 0 Å². The van der Waals surface area contributed by atoms with Crippen molar-refractivity contribution in [3.8, 4) is 0 Å². The van der Waals surface area contributed by atoms with E-state index >= 15 is 0 Å². The number of piperidine rings is 1. The van der Waals surface area contributed by atoms with Crippen molar-refractivity contribution in [3.63, 3.8) is 0 Å². The highest BCUT2D eigenvalue weighted by atomic mass is 16.4. The molecule has 3 rings (SSSR count). The van der Waals surface area contributed by atoms with Crippen LogP contribution in [-0.4, -0.2) is 12.6 Å². The molecule has 0 amide bonds. The molecule has 2 aliphatic heterocycles. The Morgan fingerprint density at radius 3 is 3.19 bits per heavy atom. The Bertz CT molecular complexity index is 501. The number of fused-ring (bicyclic) bond motifs is 3. The molecule has 1 unspecified atom stereocenters. The number of nitrogens with zero attached hydrogens (tertiary/aromatic N) is 1. The van der Waals surface area contributed by atoms with Gasteiger partial charge in [-0.25, -0.2) is 4.79 Å². The zero-order chi connectivity index (χ0) is 11.1. The summed E-state index contributed by atoms with van der Waals surface area (Å²) < 4.78 is 5.12. The van der Waals surface area contributed by atoms with Crippen LogP contribution in [0.5, 0.6) is 0 Å². The van der Waals surface area contributed by atoms with Gasteiger partial charge in [-0.3, -0.25) is 0 Å². The zero-order valence-corrected chi connectivity index (χ0v) is 9.40. The third-order valence-corrected chi connectivity index (χ3v) is 3.43. The molecule has 1 atom stereocenters. The van der Waals surface area contributed by atoms with Gasteiger partial charge >= 0.3 is 5.63 Å². The lowest BCUT2D eigenvalue weighted by atomic mass is 9.96. The van der Waals surface area contributed by atoms with Crippen molar-refractivity contribution in [1.82, 2.24) is 0 Å². The van der Waals surface area contributed by atoms with Crippen LogP contribution in [0.3, 0.4) is 0 Å². The summed E-state index contributed by atoms with van der Waals surface area (Å²) in [5.74, 6) is 0.698. The highest BCUT2D eigenvalue weighted by Gasteiger charge is 2.26. The van der Waals surface area contributed by atoms with Crippen LogP contribution in [0.25, 0.3) is 6.08 Å². The maximum absolute atomic E-state index is 11.7. The van der Waals surface area contributed by atoms with E-state index in [1.54, 1.807) is 0 Å². The first-order valence-corrected chi connectivity index (χ1v) is 5.85. The monoisotopic (exact) mass is 217 g/mol. The SMILES string of the molecule is Cc1cc2c(c(=O)o1)C=CC1CCCCN21. The van der Waals surface area contributed by atoms with Gasteiger partial charge in [-0.2, -0.15) is 0 Å². The van der Waals surface area contributed by atoms with E-state index in [9.17, 15) is 4.79 Å². The average molecular weight is 217 g/mol. The lowest BCUT2D eigenvalue weighted by Crippen LogP contribution is -2.41. The van der Waals surface area contributed by atoms with E-state index in [0.29, 0.717) is 17.4 Å². The summed E-state index contributed by atoms with van der Waals surface area (Å²) in [7, 11) is 0. The summed E-state index contributed by atoms with van der Waals surface area (Å²) in [5, 5.41) is 0. The van der Waals surface area contributed by atoms with Gasteiger partial charge in [-0.1, -0.05) is 6.08 Å². The van der Waals surface area contributed by atoms with Crippen molar-refractivity contribution in [1.29, 1.82) is 0 Å². The van der Waals surface area contributed by atoms with Gasteiger partial charge in [-0.05, 0) is 32.3 Å². The Hall–Kier alpha value is -1.51. The molecule has 0 aliphatic carbocycles. The molecule has 1 aromatic rings. The van der Waals surface area contributed by atoms with E-state index in [1.807, 2.05) is 19.1 Å². The van der Waals surface area contributed by atoms with Gasteiger partial charge in [0.15, 0.2) is 0 Å². The quantitative estimate of drug-likeness (QED) is 0.668. The van der Waals surface area contributed by atoms with Crippen LogP contribution in [0, 0.1) is 6.92 Å². The molecule has 0 bridgehead atoms. The summed E-state index contributed by atoms with van der Waals surface area (Å²) in [5.41, 5.74) is 1.56. The lowest BCUT2D eigenvalue weighted by Gasteiger charge is -2.38. The average Bonchev–Trinajstić information content (AvgIpc) is 2.28. The molecule has 1 aromatic heterocycles. The summed E-state index contributed by atoms with van der Waals surface area (Å²) in [4.78, 5) is 14.1. The predicted molar refractivity (Wildman–Crippen MR) is 63.7 cm³/mol. The van der Waals surface area contributed by atoms with Crippen molar-refractivity contribution in [3.05, 3.63) is 33.9 Å². The second kappa shape index (κ2) is 3.51. The topological polar surface area (TPSA) is 33.5 Å². The first-order valence-electron chi connectivity index (χ1n) is 5.85. The molecule has 1 saturated heterocycles. The molecule has 84 valence electrons. The molecule has 3 heteroatoms. The molecule has 0 saturated carbocycles. The van der Waals surface area contributed by atoms with Crippen molar-refractivity contribution >= 4 is 11.8 Å². The van der Waals surface area contributed by atoms with Crippen LogP contribution in [-0.2, 0) is 0 Å². The van der Waals surface area contributed by atoms with E-state index in [2.05, 4.69) is 11.0 Å². The maximum atomic E-state index is 11.7. The number of hydrogen-bond acceptors (Lipinski definition) is 3. The molecule has 0 spiro atoms. The van der Waals surface area contributed by atoms with Gasteiger partial charge in [0, 0.05) is 18.7 Å². The van der Waals surface area contributed by atoms with Crippen LogP contribution < -0.4 is 10.5 Å². The molecular weight excluding hydrogens is 202 g/mol. The van der Waals surface area contributed by atoms with Crippen LogP contribution in [0.15, 0.2) is 21.4 Å². The molecule has 0 N–H and O–H groups in total. The van der Waals surface area contributed by atoms with E-state index < -0.39 is 0 Å². The van der Waals surface area contributed by atoms with E-state index in [1.165, 1.54) is 19.3 Å². The smallest absolute Gasteiger partial charge is 0.345 e. The standard InChI is InChI=1S/C13H15NO2/c1-9-8-12-11(13(15)16-9)6-5-10-4-2-3-7-14(10)12/h5-6,8,10H,2-4,7H2,1H3. The summed E-state index contributed by atoms with van der Waals surface area (Å²) in [6.07, 6.45) is 7.74. The highest BCUT2D eigenvalue weighted by Crippen LogP contribution is 2.32. The number of rotatable bonds is 0. The fourth-order valence-corrected chi connectivity index (χ4v) is 2.66. The van der Waals surface area contributed by atoms with Gasteiger partial charge in [0.25, 0.3) is 0 Å². The molecule has 3 nitrogen and oxygen atoms in total. The fraction of sp³-hybridized carbons (Fsp3) is 0.462. The first kappa shape index (κ1) is 9.70. The maximum Gasteiger partial charge on any atom is 0.345 e. The Labute approximate surface area is 94.4 Å². The minimum absolute atomic E-state index is 0.213. The lowest BCUT2D eigenvalue weighted by molar-refractivity contribution is 0.469. The second-order valence-corrected chi connectivity index (χ2v) is 4.56. The molecule has 16 heavy (non-hydrogen) atoms. The van der Waals surface area contributed by atoms with Crippen molar-refractivity contribution in [2.24, 2.45) is 0 Å². The van der Waals surface area contributed by atoms with Gasteiger partial charge < -0.3 is 9.32 Å². The molecule has 0 radical (unpaired) electrons. The minimum Gasteiger partial charge on any atom is -0.428 e. The molecule has 1 fully saturated rings. The van der Waals surface area contributed by atoms with Crippen molar-refractivity contribution in [2.75, 3.05) is 11.4 Å². The van der Waals surface area contributed by atoms with E-state index in [-0.39, 0.29) is 5.63 Å². The molecular formula is C13H15NO2.